The zero-order chi connectivity index (χ0) is 47.7. The number of amides is 2. The van der Waals surface area contributed by atoms with Gasteiger partial charge < -0.3 is 29.0 Å². The number of carboxylic acid groups (broad SMARTS) is 1. The fourth-order valence-corrected chi connectivity index (χ4v) is 17.0. The molecule has 2 aromatic carbocycles. The fraction of sp³-hybridized carbons (Fsp3) is 0.588. The predicted molar refractivity (Wildman–Crippen MR) is 260 cm³/mol. The minimum atomic E-state index is -2.22. The second-order valence-corrected chi connectivity index (χ2v) is 27.0. The second kappa shape index (κ2) is 17.7. The van der Waals surface area contributed by atoms with Crippen LogP contribution in [0.15, 0.2) is 30.3 Å². The maximum atomic E-state index is 18.3. The van der Waals surface area contributed by atoms with Crippen LogP contribution in [-0.4, -0.2) is 126 Å². The summed E-state index contributed by atoms with van der Waals surface area (Å²) >= 11 is 0. The first-order valence-electron chi connectivity index (χ1n) is 24.2. The highest BCUT2D eigenvalue weighted by molar-refractivity contribution is 6.90. The van der Waals surface area contributed by atoms with Gasteiger partial charge in [0.1, 0.15) is 42.2 Å². The normalized spacial score (nSPS) is 22.4. The van der Waals surface area contributed by atoms with Gasteiger partial charge in [0.2, 0.25) is 5.88 Å². The number of rotatable bonds is 10. The summed E-state index contributed by atoms with van der Waals surface area (Å²) < 4.78 is 42.9. The standard InChI is InChI=1S/C51H66FN7O7Si/c1-29(2)67(30(3)4,31(5)6)23-16-33-12-11-13-34-24-35(53-48(60)66-50(8,9)10)25-37(39(33)34)42-41(52)43-40-45(56-47(55-43)64-28-51(17-18-51)27-57-19-21-63-22-20-57)58-26-36-14-15-38(59(36)49(61)62)44(58)32(7)65-46(40)54-42/h11-13,24-25,29-32,36,38,44H,14-15,17-22,26-28H2,1-10H3,(H,53,60)(H,61,62). The number of hydrogen-bond donors (Lipinski definition) is 2. The lowest BCUT2D eigenvalue weighted by molar-refractivity contribution is 0.0231. The van der Waals surface area contributed by atoms with Crippen molar-refractivity contribution in [3.63, 3.8) is 0 Å². The summed E-state index contributed by atoms with van der Waals surface area (Å²) in [7, 11) is -2.22. The molecule has 14 nitrogen and oxygen atoms in total. The molecular weight excluding hydrogens is 870 g/mol. The Hall–Kier alpha value is -5.24. The Kier molecular flexibility index (Phi) is 12.4. The lowest BCUT2D eigenvalue weighted by Crippen LogP contribution is -2.64. The molecule has 2 amide bonds. The van der Waals surface area contributed by atoms with Crippen LogP contribution in [0.25, 0.3) is 32.9 Å². The first kappa shape index (κ1) is 46.8. The molecule has 2 aromatic heterocycles. The third kappa shape index (κ3) is 8.76. The molecule has 358 valence electrons. The van der Waals surface area contributed by atoms with Crippen molar-refractivity contribution in [1.29, 1.82) is 0 Å². The molecule has 3 saturated heterocycles. The smallest absolute Gasteiger partial charge is 0.412 e. The molecule has 4 fully saturated rings. The van der Waals surface area contributed by atoms with Gasteiger partial charge in [-0.05, 0) is 93.6 Å². The number of pyridine rings is 1. The Morgan fingerprint density at radius 2 is 1.73 bits per heavy atom. The molecule has 2 bridgehead atoms. The topological polar surface area (TPSA) is 152 Å². The van der Waals surface area contributed by atoms with Gasteiger partial charge in [0.25, 0.3) is 0 Å². The van der Waals surface area contributed by atoms with Crippen molar-refractivity contribution in [1.82, 2.24) is 24.8 Å². The number of morpholine rings is 1. The Labute approximate surface area is 394 Å². The van der Waals surface area contributed by atoms with E-state index in [1.807, 2.05) is 31.2 Å². The number of carbonyl (C=O) groups excluding carboxylic acids is 1. The maximum Gasteiger partial charge on any atom is 0.412 e. The fourth-order valence-electron chi connectivity index (χ4n) is 11.8. The minimum absolute atomic E-state index is 0.0213. The molecule has 0 spiro atoms. The van der Waals surface area contributed by atoms with Crippen LogP contribution in [0, 0.1) is 22.7 Å². The number of nitrogens with zero attached hydrogens (tertiary/aromatic N) is 6. The first-order valence-corrected chi connectivity index (χ1v) is 26.4. The summed E-state index contributed by atoms with van der Waals surface area (Å²) in [6.45, 7) is 25.6. The van der Waals surface area contributed by atoms with Crippen molar-refractivity contribution in [2.75, 3.05) is 56.2 Å². The number of carbonyl (C=O) groups is 2. The second-order valence-electron chi connectivity index (χ2n) is 21.5. The third-order valence-corrected chi connectivity index (χ3v) is 21.3. The molecule has 1 saturated carbocycles. The van der Waals surface area contributed by atoms with E-state index in [0.29, 0.717) is 94.6 Å². The zero-order valence-electron chi connectivity index (χ0n) is 40.7. The van der Waals surface area contributed by atoms with Crippen LogP contribution in [-0.2, 0) is 9.47 Å². The largest absolute Gasteiger partial charge is 0.472 e. The number of ether oxygens (including phenoxy) is 4. The summed E-state index contributed by atoms with van der Waals surface area (Å²) in [5, 5.41) is 15.0. The SMILES string of the molecule is CC1Oc2nc(-c3cc(NC(=O)OC(C)(C)C)cc4cccc(C#C[Si](C(C)C)(C(C)C)C(C)C)c34)c(F)c3nc(OCC4(CN5CCOCC5)CC4)nc(c23)N2CC3CCC(C12)N3C(=O)O. The lowest BCUT2D eigenvalue weighted by atomic mass is 9.95. The number of fused-ring (bicyclic) bond motifs is 6. The highest BCUT2D eigenvalue weighted by Gasteiger charge is 2.53. The van der Waals surface area contributed by atoms with E-state index >= 15 is 4.39 Å². The van der Waals surface area contributed by atoms with Crippen molar-refractivity contribution in [2.45, 2.75) is 141 Å². The highest BCUT2D eigenvalue weighted by Crippen LogP contribution is 2.49. The molecule has 16 heteroatoms. The van der Waals surface area contributed by atoms with E-state index in [9.17, 15) is 14.7 Å². The maximum absolute atomic E-state index is 18.3. The van der Waals surface area contributed by atoms with Crippen molar-refractivity contribution >= 4 is 53.4 Å². The van der Waals surface area contributed by atoms with Crippen molar-refractivity contribution in [3.05, 3.63) is 41.7 Å². The number of halogens is 1. The average molecular weight is 936 g/mol. The van der Waals surface area contributed by atoms with Crippen LogP contribution >= 0.6 is 0 Å². The number of anilines is 2. The van der Waals surface area contributed by atoms with Gasteiger partial charge in [-0.15, -0.1) is 5.54 Å². The Morgan fingerprint density at radius 1 is 1.01 bits per heavy atom. The molecular formula is C51H66FN7O7Si. The number of aromatic nitrogens is 3. The van der Waals surface area contributed by atoms with Gasteiger partial charge in [0, 0.05) is 53.8 Å². The van der Waals surface area contributed by atoms with E-state index in [1.165, 1.54) is 0 Å². The number of hydrogen-bond acceptors (Lipinski definition) is 11. The molecule has 4 aromatic rings. The van der Waals surface area contributed by atoms with Gasteiger partial charge in [-0.25, -0.2) is 19.0 Å². The quantitative estimate of drug-likeness (QED) is 0.115. The molecule has 6 heterocycles. The van der Waals surface area contributed by atoms with Crippen molar-refractivity contribution in [3.8, 4) is 34.6 Å². The van der Waals surface area contributed by atoms with Gasteiger partial charge in [0.05, 0.1) is 37.9 Å². The molecule has 67 heavy (non-hydrogen) atoms. The van der Waals surface area contributed by atoms with Crippen LogP contribution in [0.4, 0.5) is 25.5 Å². The van der Waals surface area contributed by atoms with Gasteiger partial charge in [-0.3, -0.25) is 15.1 Å². The van der Waals surface area contributed by atoms with E-state index in [-0.39, 0.29) is 40.6 Å². The molecule has 5 aliphatic rings. The van der Waals surface area contributed by atoms with Crippen molar-refractivity contribution in [2.24, 2.45) is 5.41 Å². The van der Waals surface area contributed by atoms with Gasteiger partial charge in [-0.1, -0.05) is 59.6 Å². The van der Waals surface area contributed by atoms with E-state index in [1.54, 1.807) is 31.7 Å². The van der Waals surface area contributed by atoms with E-state index in [4.69, 9.17) is 33.9 Å². The van der Waals surface area contributed by atoms with Crippen LogP contribution in [0.2, 0.25) is 16.6 Å². The van der Waals surface area contributed by atoms with E-state index in [2.05, 4.69) is 68.1 Å². The number of nitrogens with one attached hydrogen (secondary N) is 1. The molecule has 1 aliphatic carbocycles. The highest BCUT2D eigenvalue weighted by atomic mass is 28.3. The minimum Gasteiger partial charge on any atom is -0.472 e. The van der Waals surface area contributed by atoms with Crippen LogP contribution in [0.5, 0.6) is 11.9 Å². The molecule has 4 unspecified atom stereocenters. The van der Waals surface area contributed by atoms with Crippen molar-refractivity contribution < 1.29 is 38.0 Å². The average Bonchev–Trinajstić information content (AvgIpc) is 3.97. The van der Waals surface area contributed by atoms with Gasteiger partial charge >= 0.3 is 18.2 Å². The molecule has 0 radical (unpaired) electrons. The molecule has 9 rings (SSSR count). The van der Waals surface area contributed by atoms with Crippen LogP contribution in [0.1, 0.15) is 100 Å². The van der Waals surface area contributed by atoms with Crippen LogP contribution in [0.3, 0.4) is 0 Å². The van der Waals surface area contributed by atoms with E-state index < -0.39 is 43.8 Å². The first-order chi connectivity index (χ1) is 31.8. The predicted octanol–water partition coefficient (Wildman–Crippen LogP) is 9.87. The summed E-state index contributed by atoms with van der Waals surface area (Å²) in [5.74, 6) is 3.47. The van der Waals surface area contributed by atoms with E-state index in [0.717, 1.165) is 32.5 Å². The molecule has 4 aliphatic heterocycles. The zero-order valence-corrected chi connectivity index (χ0v) is 41.7. The summed E-state index contributed by atoms with van der Waals surface area (Å²) in [6.07, 6.45) is 1.12. The van der Waals surface area contributed by atoms with Crippen LogP contribution < -0.4 is 19.7 Å². The lowest BCUT2D eigenvalue weighted by Gasteiger charge is -2.47. The number of piperazine rings is 1. The monoisotopic (exact) mass is 935 g/mol. The summed E-state index contributed by atoms with van der Waals surface area (Å²) in [4.78, 5) is 47.1. The Balaban J connectivity index is 1.24. The molecule has 4 atom stereocenters. The van der Waals surface area contributed by atoms with Gasteiger partial charge in [-0.2, -0.15) is 9.97 Å². The number of benzene rings is 2. The van der Waals surface area contributed by atoms with Gasteiger partial charge in [0.15, 0.2) is 5.82 Å². The Morgan fingerprint density at radius 3 is 2.39 bits per heavy atom. The third-order valence-electron chi connectivity index (χ3n) is 15.0. The summed E-state index contributed by atoms with van der Waals surface area (Å²) in [5.41, 5.74) is 5.57. The summed E-state index contributed by atoms with van der Waals surface area (Å²) in [6, 6.07) is 8.29. The Bertz CT molecular complexity index is 2630. The molecule has 2 N–H and O–H groups in total.